The van der Waals surface area contributed by atoms with Crippen LogP contribution in [0, 0.1) is 18.4 Å². The van der Waals surface area contributed by atoms with Crippen molar-refractivity contribution < 1.29 is 22.8 Å². The third kappa shape index (κ3) is 9.04. The molecule has 3 heterocycles. The third-order valence-corrected chi connectivity index (χ3v) is 19.2. The van der Waals surface area contributed by atoms with Gasteiger partial charge in [0.15, 0.2) is 39.2 Å². The van der Waals surface area contributed by atoms with Crippen molar-refractivity contribution in [1.29, 1.82) is 0 Å². The number of anilines is 1. The summed E-state index contributed by atoms with van der Waals surface area (Å²) >= 11 is 0. The topological polar surface area (TPSA) is 100 Å². The van der Waals surface area contributed by atoms with E-state index in [1.165, 1.54) is 25.7 Å². The van der Waals surface area contributed by atoms with Crippen LogP contribution in [0.5, 0.6) is 0 Å². The summed E-state index contributed by atoms with van der Waals surface area (Å²) in [5.74, 6) is 2.75. The lowest BCUT2D eigenvalue weighted by Gasteiger charge is -2.43. The summed E-state index contributed by atoms with van der Waals surface area (Å²) in [6, 6.07) is 0. The first-order valence-electron chi connectivity index (χ1n) is 16.9. The Morgan fingerprint density at radius 1 is 1.07 bits per heavy atom. The smallest absolute Gasteiger partial charge is 0.312 e. The Morgan fingerprint density at radius 3 is 2.26 bits per heavy atom. The summed E-state index contributed by atoms with van der Waals surface area (Å²) in [7, 11) is -4.48. The van der Waals surface area contributed by atoms with Gasteiger partial charge in [-0.1, -0.05) is 92.9 Å². The number of halogens is 1. The molecule has 0 aliphatic carbocycles. The minimum Gasteiger partial charge on any atom is -0.413 e. The number of hydrogen-bond acceptors (Lipinski definition) is 7. The highest BCUT2D eigenvalue weighted by Gasteiger charge is 2.54. The Hall–Kier alpha value is -2.18. The molecule has 2 aromatic rings. The van der Waals surface area contributed by atoms with E-state index in [0.717, 1.165) is 19.3 Å². The molecule has 0 unspecified atom stereocenters. The largest absolute Gasteiger partial charge is 0.413 e. The molecule has 3 atom stereocenters. The number of nitrogens with one attached hydrogen (secondary N) is 1. The number of carbonyl (C=O) groups is 1. The standard InChI is InChI=1S/C34H58FN5O4Si2/c1-13-15-16-17-18-19-20-21-26(41)37-29-28-30(39-31(35)38-29)40(24-36-28)27-22-25(44-46(11,12)33(6,7)8)34(14-2,43-27)23-42-45(9,10)32(3,4)5/h2,24-25,27H,13,15-23H2,1,3-12H3,(H,37,38,39,41)/t25-,27+,34+/m0/s1. The Morgan fingerprint density at radius 2 is 1.67 bits per heavy atom. The number of unbranched alkanes of at least 4 members (excludes halogenated alkanes) is 6. The molecule has 3 rings (SSSR count). The maximum Gasteiger partial charge on any atom is 0.312 e. The number of aromatic nitrogens is 4. The highest BCUT2D eigenvalue weighted by Crippen LogP contribution is 2.46. The van der Waals surface area contributed by atoms with Crippen LogP contribution in [-0.4, -0.2) is 60.4 Å². The summed E-state index contributed by atoms with van der Waals surface area (Å²) in [6.45, 7) is 24.2. The van der Waals surface area contributed by atoms with Gasteiger partial charge in [-0.2, -0.15) is 14.4 Å². The lowest BCUT2D eigenvalue weighted by atomic mass is 9.99. The number of nitrogens with zero attached hydrogens (tertiary/aromatic N) is 4. The van der Waals surface area contributed by atoms with Crippen LogP contribution < -0.4 is 5.32 Å². The van der Waals surface area contributed by atoms with Crippen molar-refractivity contribution in [3.05, 3.63) is 12.4 Å². The summed E-state index contributed by atoms with van der Waals surface area (Å²) in [5.41, 5.74) is -0.672. The van der Waals surface area contributed by atoms with Gasteiger partial charge in [-0.25, -0.2) is 4.98 Å². The first-order chi connectivity index (χ1) is 21.3. The van der Waals surface area contributed by atoms with Gasteiger partial charge in [0.1, 0.15) is 6.23 Å². The quantitative estimate of drug-likeness (QED) is 0.0872. The second kappa shape index (κ2) is 14.9. The van der Waals surface area contributed by atoms with E-state index in [9.17, 15) is 9.18 Å². The average Bonchev–Trinajstić information content (AvgIpc) is 3.51. The Bertz CT molecular complexity index is 1380. The maximum absolute atomic E-state index is 14.8. The number of hydrogen-bond donors (Lipinski definition) is 1. The fourth-order valence-electron chi connectivity index (χ4n) is 5.01. The molecule has 0 saturated carbocycles. The molecule has 0 radical (unpaired) electrons. The summed E-state index contributed by atoms with van der Waals surface area (Å²) in [5, 5.41) is 2.67. The van der Waals surface area contributed by atoms with Gasteiger partial charge in [-0.3, -0.25) is 9.36 Å². The Labute approximate surface area is 278 Å². The van der Waals surface area contributed by atoms with E-state index >= 15 is 0 Å². The number of amides is 1. The molecule has 46 heavy (non-hydrogen) atoms. The van der Waals surface area contributed by atoms with Crippen molar-refractivity contribution in [1.82, 2.24) is 19.5 Å². The third-order valence-electron chi connectivity index (χ3n) is 10.2. The van der Waals surface area contributed by atoms with Gasteiger partial charge in [0, 0.05) is 12.8 Å². The number of ether oxygens (including phenoxy) is 1. The van der Waals surface area contributed by atoms with Gasteiger partial charge in [-0.15, -0.1) is 6.42 Å². The Kier molecular flexibility index (Phi) is 12.4. The number of rotatable bonds is 15. The lowest BCUT2D eigenvalue weighted by Crippen LogP contribution is -2.54. The van der Waals surface area contributed by atoms with Crippen molar-refractivity contribution in [2.75, 3.05) is 11.9 Å². The van der Waals surface area contributed by atoms with E-state index in [2.05, 4.69) is 101 Å². The van der Waals surface area contributed by atoms with Crippen LogP contribution in [0.1, 0.15) is 112 Å². The summed E-state index contributed by atoms with van der Waals surface area (Å²) < 4.78 is 36.8. The predicted molar refractivity (Wildman–Crippen MR) is 188 cm³/mol. The molecule has 12 heteroatoms. The minimum atomic E-state index is -2.29. The van der Waals surface area contributed by atoms with Gasteiger partial charge >= 0.3 is 6.08 Å². The van der Waals surface area contributed by atoms with E-state index in [-0.39, 0.29) is 39.6 Å². The molecule has 2 aromatic heterocycles. The maximum atomic E-state index is 14.8. The van der Waals surface area contributed by atoms with Crippen molar-refractivity contribution in [3.63, 3.8) is 0 Å². The number of terminal acetylenes is 1. The second-order valence-corrected chi connectivity index (χ2v) is 25.4. The van der Waals surface area contributed by atoms with E-state index in [1.54, 1.807) is 10.9 Å². The molecule has 1 aliphatic heterocycles. The molecule has 1 N–H and O–H groups in total. The number of fused-ring (bicyclic) bond motifs is 1. The van der Waals surface area contributed by atoms with E-state index in [0.29, 0.717) is 12.8 Å². The van der Waals surface area contributed by atoms with E-state index in [1.807, 2.05) is 0 Å². The number of carbonyl (C=O) groups excluding carboxylic acids is 1. The highest BCUT2D eigenvalue weighted by molar-refractivity contribution is 6.74. The first kappa shape index (κ1) is 38.3. The van der Waals surface area contributed by atoms with Crippen LogP contribution in [0.25, 0.3) is 11.2 Å². The Balaban J connectivity index is 1.88. The molecule has 0 bridgehead atoms. The summed E-state index contributed by atoms with van der Waals surface area (Å²) in [4.78, 5) is 25.2. The van der Waals surface area contributed by atoms with Crippen molar-refractivity contribution in [2.24, 2.45) is 0 Å². The van der Waals surface area contributed by atoms with Crippen LogP contribution in [0.2, 0.25) is 36.3 Å². The number of imidazole rings is 1. The molecule has 1 fully saturated rings. The molecule has 1 saturated heterocycles. The highest BCUT2D eigenvalue weighted by atomic mass is 28.4. The van der Waals surface area contributed by atoms with Gasteiger partial charge in [0.25, 0.3) is 0 Å². The normalized spacial score (nSPS) is 21.1. The SMILES string of the molecule is C#C[C@]1(CO[Si](C)(C)C(C)(C)C)O[C@@H](n2cnc3c(NC(=O)CCCCCCCCC)nc(F)nc32)C[C@@H]1O[Si](C)(C)C(C)(C)C. The van der Waals surface area contributed by atoms with E-state index < -0.39 is 40.6 Å². The van der Waals surface area contributed by atoms with Gasteiger partial charge in [0.2, 0.25) is 5.91 Å². The fraction of sp³-hybridized carbons (Fsp3) is 0.765. The van der Waals surface area contributed by atoms with Crippen LogP contribution in [0.4, 0.5) is 10.2 Å². The lowest BCUT2D eigenvalue weighted by molar-refractivity contribution is -0.116. The zero-order chi connectivity index (χ0) is 34.6. The van der Waals surface area contributed by atoms with Crippen molar-refractivity contribution in [2.45, 2.75) is 160 Å². The van der Waals surface area contributed by atoms with Crippen LogP contribution >= 0.6 is 0 Å². The predicted octanol–water partition coefficient (Wildman–Crippen LogP) is 8.75. The van der Waals surface area contributed by atoms with Gasteiger partial charge < -0.3 is 18.9 Å². The summed E-state index contributed by atoms with van der Waals surface area (Å²) in [6.07, 6.45) is 14.2. The zero-order valence-corrected chi connectivity index (χ0v) is 32.2. The van der Waals surface area contributed by atoms with Gasteiger partial charge in [0.05, 0.1) is 19.0 Å². The molecule has 0 spiro atoms. The molecule has 258 valence electrons. The minimum absolute atomic E-state index is 0.0267. The van der Waals surface area contributed by atoms with E-state index in [4.69, 9.17) is 20.0 Å². The second-order valence-electron chi connectivity index (χ2n) is 15.8. The first-order valence-corrected chi connectivity index (χ1v) is 22.8. The monoisotopic (exact) mass is 675 g/mol. The van der Waals surface area contributed by atoms with Gasteiger partial charge in [-0.05, 0) is 42.7 Å². The van der Waals surface area contributed by atoms with Crippen LogP contribution in [-0.2, 0) is 18.4 Å². The van der Waals surface area contributed by atoms with Crippen molar-refractivity contribution >= 4 is 39.5 Å². The molecule has 1 aliphatic rings. The molecule has 1 amide bonds. The molecular formula is C34H58FN5O4Si2. The molecule has 9 nitrogen and oxygen atoms in total. The van der Waals surface area contributed by atoms with Crippen LogP contribution in [0.15, 0.2) is 6.33 Å². The average molecular weight is 676 g/mol. The molecule has 0 aromatic carbocycles. The molecular weight excluding hydrogens is 618 g/mol. The fourth-order valence-corrected chi connectivity index (χ4v) is 7.37. The van der Waals surface area contributed by atoms with Crippen LogP contribution in [0.3, 0.4) is 0 Å². The van der Waals surface area contributed by atoms with Crippen molar-refractivity contribution in [3.8, 4) is 12.3 Å². The zero-order valence-electron chi connectivity index (χ0n) is 30.2.